The largest absolute Gasteiger partial charge is 0.398 e. The standard InChI is InChI=1S/C12H15N3O3/c1-8-3-2-6-14(8)12(16)10-7-9(15(17)18)4-5-11(10)13/h4-5,7-8H,2-3,6,13H2,1H3. The molecule has 0 bridgehead atoms. The molecule has 1 heterocycles. The van der Waals surface area contributed by atoms with Crippen molar-refractivity contribution in [3.63, 3.8) is 0 Å². The van der Waals surface area contributed by atoms with Crippen molar-refractivity contribution in [2.45, 2.75) is 25.8 Å². The van der Waals surface area contributed by atoms with Crippen LogP contribution in [0, 0.1) is 10.1 Å². The van der Waals surface area contributed by atoms with E-state index in [2.05, 4.69) is 0 Å². The maximum absolute atomic E-state index is 12.3. The number of carbonyl (C=O) groups is 1. The second-order valence-electron chi connectivity index (χ2n) is 4.52. The maximum atomic E-state index is 12.3. The van der Waals surface area contributed by atoms with Gasteiger partial charge in [-0.25, -0.2) is 0 Å². The third kappa shape index (κ3) is 2.13. The summed E-state index contributed by atoms with van der Waals surface area (Å²) in [4.78, 5) is 24.2. The molecule has 1 unspecified atom stereocenters. The first kappa shape index (κ1) is 12.3. The monoisotopic (exact) mass is 249 g/mol. The number of nitro groups is 1. The van der Waals surface area contributed by atoms with Gasteiger partial charge in [0, 0.05) is 30.4 Å². The van der Waals surface area contributed by atoms with Gasteiger partial charge in [0.2, 0.25) is 0 Å². The molecule has 0 radical (unpaired) electrons. The van der Waals surface area contributed by atoms with E-state index in [4.69, 9.17) is 5.73 Å². The van der Waals surface area contributed by atoms with E-state index in [9.17, 15) is 14.9 Å². The Bertz CT molecular complexity index is 501. The lowest BCUT2D eigenvalue weighted by molar-refractivity contribution is -0.384. The van der Waals surface area contributed by atoms with Crippen LogP contribution in [-0.4, -0.2) is 28.3 Å². The minimum atomic E-state index is -0.524. The van der Waals surface area contributed by atoms with E-state index in [-0.39, 0.29) is 28.9 Å². The quantitative estimate of drug-likeness (QED) is 0.491. The molecule has 1 atom stereocenters. The van der Waals surface area contributed by atoms with Crippen molar-refractivity contribution in [1.29, 1.82) is 0 Å². The normalized spacial score (nSPS) is 18.9. The van der Waals surface area contributed by atoms with Gasteiger partial charge in [0.25, 0.3) is 11.6 Å². The van der Waals surface area contributed by atoms with E-state index in [1.807, 2.05) is 6.92 Å². The summed E-state index contributed by atoms with van der Waals surface area (Å²) >= 11 is 0. The van der Waals surface area contributed by atoms with Crippen LogP contribution in [-0.2, 0) is 0 Å². The summed E-state index contributed by atoms with van der Waals surface area (Å²) in [5, 5.41) is 10.7. The number of hydrogen-bond donors (Lipinski definition) is 1. The first-order chi connectivity index (χ1) is 8.50. The molecule has 1 aliphatic rings. The molecule has 96 valence electrons. The number of anilines is 1. The predicted molar refractivity (Wildman–Crippen MR) is 67.2 cm³/mol. The van der Waals surface area contributed by atoms with Gasteiger partial charge >= 0.3 is 0 Å². The lowest BCUT2D eigenvalue weighted by atomic mass is 10.1. The number of non-ortho nitro benzene ring substituents is 1. The van der Waals surface area contributed by atoms with Crippen LogP contribution < -0.4 is 5.73 Å². The number of nitrogen functional groups attached to an aromatic ring is 1. The molecule has 6 nitrogen and oxygen atoms in total. The van der Waals surface area contributed by atoms with Crippen molar-refractivity contribution < 1.29 is 9.72 Å². The van der Waals surface area contributed by atoms with Crippen LogP contribution in [0.2, 0.25) is 0 Å². The van der Waals surface area contributed by atoms with Crippen molar-refractivity contribution in [2.75, 3.05) is 12.3 Å². The average Bonchev–Trinajstić information content (AvgIpc) is 2.75. The van der Waals surface area contributed by atoms with Crippen LogP contribution in [0.1, 0.15) is 30.1 Å². The zero-order chi connectivity index (χ0) is 13.3. The number of rotatable bonds is 2. The number of likely N-dealkylation sites (tertiary alicyclic amines) is 1. The van der Waals surface area contributed by atoms with Crippen LogP contribution in [0.4, 0.5) is 11.4 Å². The molecular weight excluding hydrogens is 234 g/mol. The Kier molecular flexibility index (Phi) is 3.18. The topological polar surface area (TPSA) is 89.5 Å². The Morgan fingerprint density at radius 1 is 1.56 bits per heavy atom. The lowest BCUT2D eigenvalue weighted by Gasteiger charge is -2.22. The number of amides is 1. The fraction of sp³-hybridized carbons (Fsp3) is 0.417. The van der Waals surface area contributed by atoms with Crippen LogP contribution in [0.3, 0.4) is 0 Å². The second-order valence-corrected chi connectivity index (χ2v) is 4.52. The fourth-order valence-corrected chi connectivity index (χ4v) is 2.23. The zero-order valence-corrected chi connectivity index (χ0v) is 10.1. The van der Waals surface area contributed by atoms with Crippen molar-refractivity contribution in [1.82, 2.24) is 4.90 Å². The fourth-order valence-electron chi connectivity index (χ4n) is 2.23. The van der Waals surface area contributed by atoms with Gasteiger partial charge in [-0.1, -0.05) is 0 Å². The van der Waals surface area contributed by atoms with Crippen LogP contribution in [0.5, 0.6) is 0 Å². The summed E-state index contributed by atoms with van der Waals surface area (Å²) in [6.07, 6.45) is 1.92. The maximum Gasteiger partial charge on any atom is 0.270 e. The molecule has 0 aliphatic carbocycles. The predicted octanol–water partition coefficient (Wildman–Crippen LogP) is 1.80. The minimum Gasteiger partial charge on any atom is -0.398 e. The Hall–Kier alpha value is -2.11. The van der Waals surface area contributed by atoms with Gasteiger partial charge in [0.05, 0.1) is 10.5 Å². The number of hydrogen-bond acceptors (Lipinski definition) is 4. The van der Waals surface area contributed by atoms with Crippen molar-refractivity contribution in [3.05, 3.63) is 33.9 Å². The van der Waals surface area contributed by atoms with E-state index in [0.29, 0.717) is 6.54 Å². The number of carbonyl (C=O) groups excluding carboxylic acids is 1. The second kappa shape index (κ2) is 4.64. The smallest absolute Gasteiger partial charge is 0.270 e. The highest BCUT2D eigenvalue weighted by Gasteiger charge is 2.28. The van der Waals surface area contributed by atoms with Crippen molar-refractivity contribution in [2.24, 2.45) is 0 Å². The number of nitrogens with two attached hydrogens (primary N) is 1. The molecule has 0 spiro atoms. The van der Waals surface area contributed by atoms with Crippen LogP contribution in [0.15, 0.2) is 18.2 Å². The number of nitro benzene ring substituents is 1. The molecule has 18 heavy (non-hydrogen) atoms. The molecule has 1 aromatic rings. The van der Waals surface area contributed by atoms with Gasteiger partial charge in [-0.05, 0) is 25.8 Å². The molecule has 1 aliphatic heterocycles. The van der Waals surface area contributed by atoms with Gasteiger partial charge in [-0.2, -0.15) is 0 Å². The minimum absolute atomic E-state index is 0.112. The number of nitrogens with zero attached hydrogens (tertiary/aromatic N) is 2. The Morgan fingerprint density at radius 3 is 2.83 bits per heavy atom. The third-order valence-corrected chi connectivity index (χ3v) is 3.29. The van der Waals surface area contributed by atoms with Crippen molar-refractivity contribution in [3.8, 4) is 0 Å². The molecule has 0 aromatic heterocycles. The number of benzene rings is 1. The summed E-state index contributed by atoms with van der Waals surface area (Å²) < 4.78 is 0. The van der Waals surface area contributed by atoms with E-state index >= 15 is 0 Å². The summed E-state index contributed by atoms with van der Waals surface area (Å²) in [5.74, 6) is -0.221. The van der Waals surface area contributed by atoms with E-state index < -0.39 is 4.92 Å². The Balaban J connectivity index is 2.34. The molecule has 1 aromatic carbocycles. The third-order valence-electron chi connectivity index (χ3n) is 3.29. The summed E-state index contributed by atoms with van der Waals surface area (Å²) in [6.45, 7) is 2.65. The molecule has 1 fully saturated rings. The van der Waals surface area contributed by atoms with Gasteiger partial charge in [-0.15, -0.1) is 0 Å². The SMILES string of the molecule is CC1CCCN1C(=O)c1cc([N+](=O)[O-])ccc1N. The highest BCUT2D eigenvalue weighted by atomic mass is 16.6. The molecule has 1 amide bonds. The summed E-state index contributed by atoms with van der Waals surface area (Å²) in [5.41, 5.74) is 6.12. The highest BCUT2D eigenvalue weighted by Crippen LogP contribution is 2.25. The zero-order valence-electron chi connectivity index (χ0n) is 10.1. The Morgan fingerprint density at radius 2 is 2.28 bits per heavy atom. The van der Waals surface area contributed by atoms with E-state index in [1.165, 1.54) is 18.2 Å². The van der Waals surface area contributed by atoms with Crippen LogP contribution >= 0.6 is 0 Å². The van der Waals surface area contributed by atoms with E-state index in [1.54, 1.807) is 4.90 Å². The molecule has 2 rings (SSSR count). The van der Waals surface area contributed by atoms with Crippen LogP contribution in [0.25, 0.3) is 0 Å². The van der Waals surface area contributed by atoms with Gasteiger partial charge in [0.15, 0.2) is 0 Å². The molecule has 1 saturated heterocycles. The van der Waals surface area contributed by atoms with Gasteiger partial charge in [0.1, 0.15) is 0 Å². The van der Waals surface area contributed by atoms with Gasteiger partial charge < -0.3 is 10.6 Å². The molecule has 6 heteroatoms. The Labute approximate surface area is 105 Å². The first-order valence-corrected chi connectivity index (χ1v) is 5.85. The lowest BCUT2D eigenvalue weighted by Crippen LogP contribution is -2.34. The molecule has 0 saturated carbocycles. The molecule has 2 N–H and O–H groups in total. The van der Waals surface area contributed by atoms with Gasteiger partial charge in [-0.3, -0.25) is 14.9 Å². The van der Waals surface area contributed by atoms with Crippen molar-refractivity contribution >= 4 is 17.3 Å². The molecular formula is C12H15N3O3. The summed E-state index contributed by atoms with van der Waals surface area (Å²) in [6, 6.07) is 4.13. The first-order valence-electron chi connectivity index (χ1n) is 5.85. The summed E-state index contributed by atoms with van der Waals surface area (Å²) in [7, 11) is 0. The highest BCUT2D eigenvalue weighted by molar-refractivity contribution is 6.00. The van der Waals surface area contributed by atoms with E-state index in [0.717, 1.165) is 12.8 Å². The average molecular weight is 249 g/mol.